The predicted octanol–water partition coefficient (Wildman–Crippen LogP) is 2.27. The minimum atomic E-state index is -0.620. The second-order valence-electron chi connectivity index (χ2n) is 6.18. The Morgan fingerprint density at radius 2 is 2.12 bits per heavy atom. The Kier molecular flexibility index (Phi) is 4.35. The van der Waals surface area contributed by atoms with E-state index >= 15 is 0 Å². The number of carbonyl (C=O) groups is 1. The summed E-state index contributed by atoms with van der Waals surface area (Å²) in [5, 5.41) is 8.41. The first-order valence-corrected chi connectivity index (χ1v) is 8.47. The summed E-state index contributed by atoms with van der Waals surface area (Å²) in [7, 11) is 0. The van der Waals surface area contributed by atoms with E-state index in [1.165, 1.54) is 0 Å². The van der Waals surface area contributed by atoms with Gasteiger partial charge in [-0.25, -0.2) is 4.79 Å². The second kappa shape index (κ2) is 6.95. The molecule has 0 aliphatic carbocycles. The molecule has 26 heavy (non-hydrogen) atoms. The van der Waals surface area contributed by atoms with Crippen LogP contribution in [0.3, 0.4) is 0 Å². The highest BCUT2D eigenvalue weighted by Gasteiger charge is 2.28. The maximum Gasteiger partial charge on any atom is 0.349 e. The molecule has 1 atom stereocenters. The van der Waals surface area contributed by atoms with Gasteiger partial charge in [-0.1, -0.05) is 18.2 Å². The molecule has 0 bridgehead atoms. The number of aromatic nitrogens is 2. The Morgan fingerprint density at radius 1 is 1.23 bits per heavy atom. The molecule has 1 amide bonds. The smallest absolute Gasteiger partial charge is 0.349 e. The first-order valence-electron chi connectivity index (χ1n) is 8.47. The fraction of sp³-hybridized carbons (Fsp3) is 0.263. The zero-order valence-electron chi connectivity index (χ0n) is 14.0. The van der Waals surface area contributed by atoms with Crippen molar-refractivity contribution < 1.29 is 13.9 Å². The van der Waals surface area contributed by atoms with Gasteiger partial charge in [0.1, 0.15) is 17.3 Å². The molecule has 0 saturated carbocycles. The van der Waals surface area contributed by atoms with Crippen molar-refractivity contribution in [2.75, 3.05) is 13.1 Å². The van der Waals surface area contributed by atoms with Gasteiger partial charge in [0, 0.05) is 24.2 Å². The number of ether oxygens (including phenoxy) is 1. The van der Waals surface area contributed by atoms with Crippen molar-refractivity contribution in [1.29, 1.82) is 0 Å². The normalized spacial score (nSPS) is 17.2. The molecule has 1 saturated heterocycles. The molecule has 1 aliphatic rings. The van der Waals surface area contributed by atoms with Crippen molar-refractivity contribution in [3.05, 3.63) is 64.6 Å². The highest BCUT2D eigenvalue weighted by molar-refractivity contribution is 5.96. The Hall–Kier alpha value is -3.22. The molecular weight excluding hydrogens is 334 g/mol. The van der Waals surface area contributed by atoms with Crippen LogP contribution in [0.5, 0.6) is 5.88 Å². The molecule has 1 fully saturated rings. The third-order valence-corrected chi connectivity index (χ3v) is 4.37. The molecule has 7 nitrogen and oxygen atoms in total. The summed E-state index contributed by atoms with van der Waals surface area (Å²) in [6.45, 7) is 0.965. The van der Waals surface area contributed by atoms with E-state index in [9.17, 15) is 9.59 Å². The van der Waals surface area contributed by atoms with Crippen LogP contribution in [-0.4, -0.2) is 40.2 Å². The lowest BCUT2D eigenvalue weighted by Crippen LogP contribution is -2.45. The maximum atomic E-state index is 12.8. The number of fused-ring (bicyclic) bond motifs is 1. The molecule has 7 heteroatoms. The zero-order valence-corrected chi connectivity index (χ0v) is 14.0. The van der Waals surface area contributed by atoms with Crippen LogP contribution < -0.4 is 10.4 Å². The topological polar surface area (TPSA) is 85.5 Å². The average Bonchev–Trinajstić information content (AvgIpc) is 2.68. The first-order chi connectivity index (χ1) is 12.7. The quantitative estimate of drug-likeness (QED) is 0.673. The molecule has 132 valence electrons. The lowest BCUT2D eigenvalue weighted by atomic mass is 10.1. The molecule has 4 rings (SSSR count). The van der Waals surface area contributed by atoms with E-state index in [4.69, 9.17) is 9.15 Å². The molecule has 0 radical (unpaired) electrons. The summed E-state index contributed by atoms with van der Waals surface area (Å²) in [6.07, 6.45) is 2.99. The molecule has 3 aromatic rings. The summed E-state index contributed by atoms with van der Waals surface area (Å²) < 4.78 is 11.1. The molecule has 1 unspecified atom stereocenters. The van der Waals surface area contributed by atoms with Crippen molar-refractivity contribution in [3.8, 4) is 5.88 Å². The van der Waals surface area contributed by atoms with Crippen LogP contribution in [0, 0.1) is 0 Å². The number of hydrogen-bond donors (Lipinski definition) is 0. The summed E-state index contributed by atoms with van der Waals surface area (Å²) in [5.74, 6) is 0.0916. The van der Waals surface area contributed by atoms with Crippen LogP contribution in [0.4, 0.5) is 0 Å². The Labute approximate surface area is 149 Å². The van der Waals surface area contributed by atoms with Crippen LogP contribution in [0.25, 0.3) is 11.0 Å². The van der Waals surface area contributed by atoms with Gasteiger partial charge in [-0.3, -0.25) is 4.79 Å². The fourth-order valence-electron chi connectivity index (χ4n) is 3.12. The third-order valence-electron chi connectivity index (χ3n) is 4.37. The standard InChI is InChI=1S/C19H17N3O4/c23-18(15-11-13-5-1-2-7-16(13)26-19(15)24)22-10-4-6-14(12-22)25-17-8-3-9-20-21-17/h1-3,5,7-9,11,14H,4,6,10,12H2. The average molecular weight is 351 g/mol. The number of nitrogens with zero attached hydrogens (tertiary/aromatic N) is 3. The Balaban J connectivity index is 1.54. The molecule has 0 N–H and O–H groups in total. The largest absolute Gasteiger partial charge is 0.471 e. The van der Waals surface area contributed by atoms with Crippen LogP contribution in [0.1, 0.15) is 23.2 Å². The van der Waals surface area contributed by atoms with E-state index in [2.05, 4.69) is 10.2 Å². The van der Waals surface area contributed by atoms with Gasteiger partial charge in [-0.2, -0.15) is 5.10 Å². The Morgan fingerprint density at radius 3 is 2.96 bits per heavy atom. The summed E-state index contributed by atoms with van der Waals surface area (Å²) in [6, 6.07) is 12.2. The monoisotopic (exact) mass is 351 g/mol. The van der Waals surface area contributed by atoms with Gasteiger partial charge in [0.2, 0.25) is 5.88 Å². The predicted molar refractivity (Wildman–Crippen MR) is 94.1 cm³/mol. The van der Waals surface area contributed by atoms with Crippen LogP contribution in [0.15, 0.2) is 57.9 Å². The van der Waals surface area contributed by atoms with Gasteiger partial charge in [0.05, 0.1) is 6.54 Å². The second-order valence-corrected chi connectivity index (χ2v) is 6.18. The summed E-state index contributed by atoms with van der Waals surface area (Å²) in [5.41, 5.74) is -0.105. The van der Waals surface area contributed by atoms with Gasteiger partial charge in [-0.05, 0) is 31.0 Å². The van der Waals surface area contributed by atoms with E-state index in [0.29, 0.717) is 24.6 Å². The highest BCUT2D eigenvalue weighted by Crippen LogP contribution is 2.19. The fourth-order valence-corrected chi connectivity index (χ4v) is 3.12. The van der Waals surface area contributed by atoms with Crippen molar-refractivity contribution >= 4 is 16.9 Å². The molecule has 1 aromatic carbocycles. The summed E-state index contributed by atoms with van der Waals surface area (Å²) >= 11 is 0. The van der Waals surface area contributed by atoms with E-state index in [1.54, 1.807) is 41.4 Å². The van der Waals surface area contributed by atoms with Crippen molar-refractivity contribution in [2.45, 2.75) is 18.9 Å². The number of rotatable bonds is 3. The Bertz CT molecular complexity index is 987. The molecule has 3 heterocycles. The van der Waals surface area contributed by atoms with Gasteiger partial charge >= 0.3 is 5.63 Å². The molecule has 0 spiro atoms. The molecular formula is C19H17N3O4. The van der Waals surface area contributed by atoms with Crippen molar-refractivity contribution in [3.63, 3.8) is 0 Å². The van der Waals surface area contributed by atoms with Crippen LogP contribution >= 0.6 is 0 Å². The lowest BCUT2D eigenvalue weighted by molar-refractivity contribution is 0.0522. The number of amides is 1. The molecule has 2 aromatic heterocycles. The number of carbonyl (C=O) groups excluding carboxylic acids is 1. The number of para-hydroxylation sites is 1. The number of piperidine rings is 1. The van der Waals surface area contributed by atoms with E-state index < -0.39 is 5.63 Å². The van der Waals surface area contributed by atoms with Crippen molar-refractivity contribution in [2.24, 2.45) is 0 Å². The number of likely N-dealkylation sites (tertiary alicyclic amines) is 1. The van der Waals surface area contributed by atoms with Crippen molar-refractivity contribution in [1.82, 2.24) is 15.1 Å². The van der Waals surface area contributed by atoms with Crippen LogP contribution in [-0.2, 0) is 0 Å². The summed E-state index contributed by atoms with van der Waals surface area (Å²) in [4.78, 5) is 26.7. The van der Waals surface area contributed by atoms with Gasteiger partial charge < -0.3 is 14.1 Å². The van der Waals surface area contributed by atoms with Crippen LogP contribution in [0.2, 0.25) is 0 Å². The SMILES string of the molecule is O=C(c1cc2ccccc2oc1=O)N1CCCC(Oc2cccnn2)C1. The first kappa shape index (κ1) is 16.3. The molecule has 1 aliphatic heterocycles. The lowest BCUT2D eigenvalue weighted by Gasteiger charge is -2.32. The van der Waals surface area contributed by atoms with Gasteiger partial charge in [0.15, 0.2) is 0 Å². The number of benzene rings is 1. The minimum absolute atomic E-state index is 0.0452. The maximum absolute atomic E-state index is 12.8. The van der Waals surface area contributed by atoms with Gasteiger partial charge in [-0.15, -0.1) is 5.10 Å². The van der Waals surface area contributed by atoms with E-state index in [0.717, 1.165) is 18.2 Å². The minimum Gasteiger partial charge on any atom is -0.471 e. The van der Waals surface area contributed by atoms with Gasteiger partial charge in [0.25, 0.3) is 5.91 Å². The van der Waals surface area contributed by atoms with E-state index in [-0.39, 0.29) is 17.6 Å². The number of hydrogen-bond acceptors (Lipinski definition) is 6. The zero-order chi connectivity index (χ0) is 17.9. The van der Waals surface area contributed by atoms with E-state index in [1.807, 2.05) is 12.1 Å². The third kappa shape index (κ3) is 3.28. The highest BCUT2D eigenvalue weighted by atomic mass is 16.5.